The maximum Gasteiger partial charge on any atom is 0.238 e. The van der Waals surface area contributed by atoms with Crippen molar-refractivity contribution in [1.82, 2.24) is 0 Å². The van der Waals surface area contributed by atoms with E-state index in [-0.39, 0.29) is 22.6 Å². The third kappa shape index (κ3) is 2.34. The van der Waals surface area contributed by atoms with Gasteiger partial charge in [-0.3, -0.25) is 4.79 Å². The average molecular weight is 374 g/mol. The molecule has 2 aliphatic rings. The number of aliphatic hydroxyl groups is 2. The highest BCUT2D eigenvalue weighted by molar-refractivity contribution is 6.07. The molecule has 4 rings (SSSR count). The van der Waals surface area contributed by atoms with Crippen LogP contribution in [0.5, 0.6) is 28.7 Å². The molecule has 0 saturated heterocycles. The minimum Gasteiger partial charge on any atom is -0.497 e. The molecule has 2 aromatic carbocycles. The van der Waals surface area contributed by atoms with Gasteiger partial charge in [-0.05, 0) is 18.2 Å². The second-order valence-electron chi connectivity index (χ2n) is 6.21. The van der Waals surface area contributed by atoms with Crippen LogP contribution in [0.15, 0.2) is 30.3 Å². The summed E-state index contributed by atoms with van der Waals surface area (Å²) in [5.74, 6) is 0.794. The fraction of sp³-hybridized carbons (Fsp3) is 0.316. The number of fused-ring (bicyclic) bond motifs is 4. The number of carbonyl (C=O) groups is 1. The highest BCUT2D eigenvalue weighted by Gasteiger charge is 2.59. The van der Waals surface area contributed by atoms with Gasteiger partial charge in [0.15, 0.2) is 17.1 Å². The van der Waals surface area contributed by atoms with E-state index in [9.17, 15) is 15.0 Å². The monoisotopic (exact) mass is 374 g/mol. The van der Waals surface area contributed by atoms with Crippen LogP contribution in [-0.2, 0) is 5.60 Å². The number of carbonyl (C=O) groups excluding carboxylic acids is 1. The van der Waals surface area contributed by atoms with Crippen molar-refractivity contribution in [3.05, 3.63) is 41.5 Å². The lowest BCUT2D eigenvalue weighted by molar-refractivity contribution is -0.179. The van der Waals surface area contributed by atoms with E-state index in [4.69, 9.17) is 23.7 Å². The minimum absolute atomic E-state index is 0.104. The summed E-state index contributed by atoms with van der Waals surface area (Å²) in [7, 11) is 4.36. The molecule has 2 aliphatic heterocycles. The SMILES string of the molecule is COc1ccc2c(c1)O[C@@H]1[C@H](O)Oc3cc(OC)c(OC)cc3[C@]1(O)C2=O. The van der Waals surface area contributed by atoms with E-state index in [2.05, 4.69) is 0 Å². The zero-order valence-corrected chi connectivity index (χ0v) is 14.9. The molecule has 2 N–H and O–H groups in total. The minimum atomic E-state index is -2.16. The lowest BCUT2D eigenvalue weighted by atomic mass is 9.77. The van der Waals surface area contributed by atoms with Gasteiger partial charge in [-0.15, -0.1) is 0 Å². The van der Waals surface area contributed by atoms with Gasteiger partial charge in [0.1, 0.15) is 17.2 Å². The summed E-state index contributed by atoms with van der Waals surface area (Å²) in [6, 6.07) is 7.51. The first kappa shape index (κ1) is 17.4. The van der Waals surface area contributed by atoms with E-state index in [0.717, 1.165) is 0 Å². The van der Waals surface area contributed by atoms with Crippen LogP contribution in [0, 0.1) is 0 Å². The Bertz CT molecular complexity index is 924. The normalized spacial score (nSPS) is 25.3. The van der Waals surface area contributed by atoms with E-state index in [0.29, 0.717) is 17.2 Å². The number of ether oxygens (including phenoxy) is 5. The molecule has 0 radical (unpaired) electrons. The molecule has 8 nitrogen and oxygen atoms in total. The highest BCUT2D eigenvalue weighted by atomic mass is 16.6. The molecule has 2 heterocycles. The maximum absolute atomic E-state index is 13.2. The molecule has 3 atom stereocenters. The number of methoxy groups -OCH3 is 3. The number of rotatable bonds is 3. The van der Waals surface area contributed by atoms with Gasteiger partial charge in [0.25, 0.3) is 0 Å². The predicted molar refractivity (Wildman–Crippen MR) is 91.8 cm³/mol. The van der Waals surface area contributed by atoms with Crippen LogP contribution in [0.2, 0.25) is 0 Å². The van der Waals surface area contributed by atoms with Gasteiger partial charge in [-0.1, -0.05) is 0 Å². The van der Waals surface area contributed by atoms with Gasteiger partial charge >= 0.3 is 0 Å². The van der Waals surface area contributed by atoms with Gasteiger partial charge in [0.2, 0.25) is 18.2 Å². The Morgan fingerprint density at radius 1 is 0.963 bits per heavy atom. The number of hydrogen-bond donors (Lipinski definition) is 2. The van der Waals surface area contributed by atoms with Crippen LogP contribution in [-0.4, -0.2) is 49.7 Å². The smallest absolute Gasteiger partial charge is 0.238 e. The van der Waals surface area contributed by atoms with Crippen LogP contribution in [0.1, 0.15) is 15.9 Å². The van der Waals surface area contributed by atoms with Crippen molar-refractivity contribution in [2.45, 2.75) is 18.0 Å². The van der Waals surface area contributed by atoms with Crippen molar-refractivity contribution in [2.75, 3.05) is 21.3 Å². The van der Waals surface area contributed by atoms with E-state index < -0.39 is 23.8 Å². The molecule has 0 bridgehead atoms. The molecule has 8 heteroatoms. The molecule has 0 spiro atoms. The second kappa shape index (κ2) is 6.04. The molecule has 0 aromatic heterocycles. The number of aliphatic hydroxyl groups excluding tert-OH is 1. The molecule has 142 valence electrons. The van der Waals surface area contributed by atoms with Crippen LogP contribution in [0.25, 0.3) is 0 Å². The van der Waals surface area contributed by atoms with Crippen molar-refractivity contribution in [1.29, 1.82) is 0 Å². The van der Waals surface area contributed by atoms with Gasteiger partial charge in [0, 0.05) is 17.7 Å². The third-order valence-electron chi connectivity index (χ3n) is 4.85. The Morgan fingerprint density at radius 2 is 1.67 bits per heavy atom. The van der Waals surface area contributed by atoms with E-state index in [1.165, 1.54) is 45.6 Å². The fourth-order valence-electron chi connectivity index (χ4n) is 3.46. The second-order valence-corrected chi connectivity index (χ2v) is 6.21. The predicted octanol–water partition coefficient (Wildman–Crippen LogP) is 1.25. The van der Waals surface area contributed by atoms with Gasteiger partial charge in [-0.25, -0.2) is 0 Å². The molecular formula is C19H18O8. The van der Waals surface area contributed by atoms with Gasteiger partial charge in [0.05, 0.1) is 26.9 Å². The summed E-state index contributed by atoms with van der Waals surface area (Å²) < 4.78 is 26.9. The van der Waals surface area contributed by atoms with Crippen LogP contribution in [0.4, 0.5) is 0 Å². The van der Waals surface area contributed by atoms with Crippen molar-refractivity contribution < 1.29 is 38.7 Å². The molecule has 0 saturated carbocycles. The van der Waals surface area contributed by atoms with E-state index in [1.54, 1.807) is 6.07 Å². The van der Waals surface area contributed by atoms with Gasteiger partial charge < -0.3 is 33.9 Å². The Morgan fingerprint density at radius 3 is 2.33 bits per heavy atom. The maximum atomic E-state index is 13.2. The first-order valence-corrected chi connectivity index (χ1v) is 8.17. The Kier molecular flexibility index (Phi) is 3.90. The zero-order chi connectivity index (χ0) is 19.3. The van der Waals surface area contributed by atoms with E-state index >= 15 is 0 Å². The van der Waals surface area contributed by atoms with Crippen molar-refractivity contribution in [2.24, 2.45) is 0 Å². The summed E-state index contributed by atoms with van der Waals surface area (Å²) in [5, 5.41) is 21.8. The van der Waals surface area contributed by atoms with Crippen molar-refractivity contribution >= 4 is 5.78 Å². The number of ketones is 1. The Hall–Kier alpha value is -2.97. The molecule has 0 fully saturated rings. The molecule has 27 heavy (non-hydrogen) atoms. The summed E-state index contributed by atoms with van der Waals surface area (Å²) >= 11 is 0. The first-order valence-electron chi connectivity index (χ1n) is 8.17. The summed E-state index contributed by atoms with van der Waals surface area (Å²) in [4.78, 5) is 13.2. The first-order chi connectivity index (χ1) is 12.9. The Labute approximate surface area is 154 Å². The summed E-state index contributed by atoms with van der Waals surface area (Å²) in [5.41, 5.74) is -1.86. The largest absolute Gasteiger partial charge is 0.497 e. The van der Waals surface area contributed by atoms with Crippen LogP contribution in [0.3, 0.4) is 0 Å². The van der Waals surface area contributed by atoms with Crippen molar-refractivity contribution in [3.8, 4) is 28.7 Å². The number of hydrogen-bond acceptors (Lipinski definition) is 8. The van der Waals surface area contributed by atoms with Crippen LogP contribution >= 0.6 is 0 Å². The lowest BCUT2D eigenvalue weighted by Gasteiger charge is -2.45. The average Bonchev–Trinajstić information content (AvgIpc) is 2.68. The number of benzene rings is 2. The number of Topliss-reactive ketones (excluding diaryl/α,β-unsaturated/α-hetero) is 1. The van der Waals surface area contributed by atoms with Crippen molar-refractivity contribution in [3.63, 3.8) is 0 Å². The molecular weight excluding hydrogens is 356 g/mol. The third-order valence-corrected chi connectivity index (χ3v) is 4.85. The molecule has 0 unspecified atom stereocenters. The zero-order valence-electron chi connectivity index (χ0n) is 14.9. The fourth-order valence-corrected chi connectivity index (χ4v) is 3.46. The summed E-state index contributed by atoms with van der Waals surface area (Å²) in [6.07, 6.45) is -2.95. The lowest BCUT2D eigenvalue weighted by Crippen LogP contribution is -2.61. The standard InChI is InChI=1S/C19H18O8/c1-23-9-4-5-10-12(6-9)26-17-18(21)27-13-8-15(25-3)14(24-2)7-11(13)19(17,22)16(10)20/h4-8,17-18,21-22H,1-3H3/t17-,18-,19+/m1/s1. The quantitative estimate of drug-likeness (QED) is 0.828. The summed E-state index contributed by atoms with van der Waals surface area (Å²) in [6.45, 7) is 0. The molecule has 0 aliphatic carbocycles. The van der Waals surface area contributed by atoms with E-state index in [1.807, 2.05) is 0 Å². The van der Waals surface area contributed by atoms with Gasteiger partial charge in [-0.2, -0.15) is 0 Å². The Balaban J connectivity index is 1.92. The molecule has 2 aromatic rings. The topological polar surface area (TPSA) is 104 Å². The molecule has 0 amide bonds. The highest BCUT2D eigenvalue weighted by Crippen LogP contribution is 2.50. The van der Waals surface area contributed by atoms with Crippen LogP contribution < -0.4 is 23.7 Å².